The molecule has 0 radical (unpaired) electrons. The lowest BCUT2D eigenvalue weighted by molar-refractivity contribution is -0.385. The van der Waals surface area contributed by atoms with E-state index in [9.17, 15) is 10.1 Å². The molecule has 0 aliphatic heterocycles. The molecule has 0 N–H and O–H groups in total. The van der Waals surface area contributed by atoms with Gasteiger partial charge in [-0.15, -0.1) is 0 Å². The van der Waals surface area contributed by atoms with Crippen LogP contribution >= 0.6 is 0 Å². The van der Waals surface area contributed by atoms with Gasteiger partial charge in [-0.25, -0.2) is 9.97 Å². The first-order valence-electron chi connectivity index (χ1n) is 7.03. The fourth-order valence-corrected chi connectivity index (χ4v) is 2.00. The number of rotatable bonds is 5. The molecule has 22 heavy (non-hydrogen) atoms. The quantitative estimate of drug-likeness (QED) is 0.624. The van der Waals surface area contributed by atoms with E-state index in [2.05, 4.69) is 9.97 Å². The van der Waals surface area contributed by atoms with Crippen molar-refractivity contribution in [2.45, 2.75) is 25.9 Å². The van der Waals surface area contributed by atoms with Crippen molar-refractivity contribution in [3.63, 3.8) is 0 Å². The second kappa shape index (κ2) is 5.93. The van der Waals surface area contributed by atoms with Crippen LogP contribution in [-0.4, -0.2) is 21.0 Å². The van der Waals surface area contributed by atoms with Crippen LogP contribution in [0.1, 0.15) is 29.7 Å². The Morgan fingerprint density at radius 2 is 2.18 bits per heavy atom. The van der Waals surface area contributed by atoms with Crippen LogP contribution < -0.4 is 4.74 Å². The van der Waals surface area contributed by atoms with Gasteiger partial charge in [0, 0.05) is 12.3 Å². The molecule has 0 saturated heterocycles. The van der Waals surface area contributed by atoms with Gasteiger partial charge in [-0.1, -0.05) is 6.08 Å². The molecule has 1 aromatic carbocycles. The lowest BCUT2D eigenvalue weighted by Gasteiger charge is -2.06. The van der Waals surface area contributed by atoms with E-state index in [1.54, 1.807) is 18.3 Å². The molecule has 1 fully saturated rings. The van der Waals surface area contributed by atoms with Crippen LogP contribution in [0.15, 0.2) is 30.7 Å². The van der Waals surface area contributed by atoms with Crippen molar-refractivity contribution >= 4 is 17.8 Å². The molecule has 112 valence electrons. The van der Waals surface area contributed by atoms with Crippen LogP contribution in [0.3, 0.4) is 0 Å². The highest BCUT2D eigenvalue weighted by Gasteiger charge is 2.27. The SMILES string of the molecule is Cc1cncnc1/C=C/c1ccc([N+](=O)[O-])c(OC2CC2)c1. The summed E-state index contributed by atoms with van der Waals surface area (Å²) in [5.74, 6) is 0.328. The van der Waals surface area contributed by atoms with Crippen LogP contribution in [0.2, 0.25) is 0 Å². The molecule has 0 amide bonds. The monoisotopic (exact) mass is 297 g/mol. The molecule has 2 aromatic rings. The lowest BCUT2D eigenvalue weighted by Crippen LogP contribution is -2.00. The van der Waals surface area contributed by atoms with Crippen LogP contribution in [0, 0.1) is 17.0 Å². The van der Waals surface area contributed by atoms with Gasteiger partial charge in [0.2, 0.25) is 0 Å². The number of nitro groups is 1. The van der Waals surface area contributed by atoms with Crippen molar-refractivity contribution in [3.05, 3.63) is 57.7 Å². The molecule has 1 saturated carbocycles. The fourth-order valence-electron chi connectivity index (χ4n) is 2.00. The van der Waals surface area contributed by atoms with Gasteiger partial charge in [0.15, 0.2) is 5.75 Å². The molecule has 1 aromatic heterocycles. The molecule has 0 unspecified atom stereocenters. The Morgan fingerprint density at radius 3 is 2.86 bits per heavy atom. The first-order chi connectivity index (χ1) is 10.6. The number of hydrogen-bond donors (Lipinski definition) is 0. The number of nitro benzene ring substituents is 1. The molecule has 1 aliphatic carbocycles. The largest absolute Gasteiger partial charge is 0.483 e. The zero-order valence-electron chi connectivity index (χ0n) is 12.1. The smallest absolute Gasteiger partial charge is 0.310 e. The Morgan fingerprint density at radius 1 is 1.36 bits per heavy atom. The first kappa shape index (κ1) is 14.2. The maximum Gasteiger partial charge on any atom is 0.310 e. The zero-order valence-corrected chi connectivity index (χ0v) is 12.1. The minimum absolute atomic E-state index is 0.00210. The summed E-state index contributed by atoms with van der Waals surface area (Å²) in [6.07, 6.45) is 8.97. The Bertz CT molecular complexity index is 739. The molecule has 3 rings (SSSR count). The van der Waals surface area contributed by atoms with Crippen LogP contribution in [0.4, 0.5) is 5.69 Å². The molecular weight excluding hydrogens is 282 g/mol. The molecule has 1 aliphatic rings. The highest BCUT2D eigenvalue weighted by molar-refractivity contribution is 5.71. The second-order valence-electron chi connectivity index (χ2n) is 5.23. The van der Waals surface area contributed by atoms with E-state index in [1.165, 1.54) is 12.4 Å². The fraction of sp³-hybridized carbons (Fsp3) is 0.250. The van der Waals surface area contributed by atoms with Gasteiger partial charge in [0.25, 0.3) is 0 Å². The standard InChI is InChI=1S/C16H15N3O3/c1-11-9-17-10-18-14(11)6-2-12-3-7-15(19(20)21)16(8-12)22-13-4-5-13/h2-3,6-10,13H,4-5H2,1H3/b6-2+. The lowest BCUT2D eigenvalue weighted by atomic mass is 10.1. The third-order valence-electron chi connectivity index (χ3n) is 3.37. The summed E-state index contributed by atoms with van der Waals surface area (Å²) in [5.41, 5.74) is 2.62. The van der Waals surface area contributed by atoms with Crippen LogP contribution in [0.5, 0.6) is 5.75 Å². The average Bonchev–Trinajstić information content (AvgIpc) is 3.30. The molecule has 0 spiro atoms. The van der Waals surface area contributed by atoms with Crippen LogP contribution in [-0.2, 0) is 0 Å². The number of aromatic nitrogens is 2. The topological polar surface area (TPSA) is 78.2 Å². The van der Waals surface area contributed by atoms with E-state index >= 15 is 0 Å². The Hall–Kier alpha value is -2.76. The molecule has 6 heteroatoms. The van der Waals surface area contributed by atoms with E-state index in [1.807, 2.05) is 19.1 Å². The summed E-state index contributed by atoms with van der Waals surface area (Å²) in [6, 6.07) is 4.87. The van der Waals surface area contributed by atoms with E-state index in [-0.39, 0.29) is 11.8 Å². The molecular formula is C16H15N3O3. The third kappa shape index (κ3) is 3.28. The maximum absolute atomic E-state index is 11.0. The van der Waals surface area contributed by atoms with E-state index in [0.717, 1.165) is 29.7 Å². The molecule has 1 heterocycles. The van der Waals surface area contributed by atoms with Crippen molar-refractivity contribution in [2.75, 3.05) is 0 Å². The van der Waals surface area contributed by atoms with E-state index in [4.69, 9.17) is 4.74 Å². The van der Waals surface area contributed by atoms with Gasteiger partial charge in [-0.3, -0.25) is 10.1 Å². The van der Waals surface area contributed by atoms with Crippen molar-refractivity contribution < 1.29 is 9.66 Å². The highest BCUT2D eigenvalue weighted by Crippen LogP contribution is 2.34. The van der Waals surface area contributed by atoms with Crippen LogP contribution in [0.25, 0.3) is 12.2 Å². The number of benzene rings is 1. The number of nitrogens with zero attached hydrogens (tertiary/aromatic N) is 3. The van der Waals surface area contributed by atoms with E-state index < -0.39 is 4.92 Å². The van der Waals surface area contributed by atoms with Crippen molar-refractivity contribution in [3.8, 4) is 5.75 Å². The van der Waals surface area contributed by atoms with Gasteiger partial charge in [0.1, 0.15) is 6.33 Å². The van der Waals surface area contributed by atoms with Gasteiger partial charge in [-0.05, 0) is 49.1 Å². The van der Waals surface area contributed by atoms with E-state index in [0.29, 0.717) is 5.75 Å². The summed E-state index contributed by atoms with van der Waals surface area (Å²) in [6.45, 7) is 1.93. The average molecular weight is 297 g/mol. The summed E-state index contributed by atoms with van der Waals surface area (Å²) >= 11 is 0. The van der Waals surface area contributed by atoms with Gasteiger partial charge >= 0.3 is 5.69 Å². The summed E-state index contributed by atoms with van der Waals surface area (Å²) in [4.78, 5) is 18.8. The van der Waals surface area contributed by atoms with Gasteiger partial charge in [0.05, 0.1) is 16.7 Å². The van der Waals surface area contributed by atoms with Crippen molar-refractivity contribution in [1.29, 1.82) is 0 Å². The van der Waals surface area contributed by atoms with Gasteiger partial charge < -0.3 is 4.74 Å². The zero-order chi connectivity index (χ0) is 15.5. The molecule has 0 bridgehead atoms. The predicted molar refractivity (Wildman–Crippen MR) is 82.4 cm³/mol. The second-order valence-corrected chi connectivity index (χ2v) is 5.23. The van der Waals surface area contributed by atoms with Crippen molar-refractivity contribution in [1.82, 2.24) is 9.97 Å². The Labute approximate surface area is 127 Å². The summed E-state index contributed by atoms with van der Waals surface area (Å²) in [7, 11) is 0. The number of aryl methyl sites for hydroxylation is 1. The minimum atomic E-state index is -0.417. The maximum atomic E-state index is 11.0. The Kier molecular flexibility index (Phi) is 3.82. The van der Waals surface area contributed by atoms with Crippen molar-refractivity contribution in [2.24, 2.45) is 0 Å². The van der Waals surface area contributed by atoms with Gasteiger partial charge in [-0.2, -0.15) is 0 Å². The molecule has 6 nitrogen and oxygen atoms in total. The third-order valence-corrected chi connectivity index (χ3v) is 3.37. The summed E-state index contributed by atoms with van der Waals surface area (Å²) in [5, 5.41) is 11.0. The summed E-state index contributed by atoms with van der Waals surface area (Å²) < 4.78 is 5.63. The predicted octanol–water partition coefficient (Wildman–Crippen LogP) is 3.40. The molecule has 0 atom stereocenters. The minimum Gasteiger partial charge on any atom is -0.483 e. The Balaban J connectivity index is 1.87. The highest BCUT2D eigenvalue weighted by atomic mass is 16.6. The normalized spacial score (nSPS) is 14.2. The first-order valence-corrected chi connectivity index (χ1v) is 7.03. The number of ether oxygens (including phenoxy) is 1. The number of hydrogen-bond acceptors (Lipinski definition) is 5.